The zero-order valence-electron chi connectivity index (χ0n) is 19.1. The number of fused-ring (bicyclic) bond motifs is 1. The number of anilines is 1. The van der Waals surface area contributed by atoms with Gasteiger partial charge in [-0.3, -0.25) is 4.79 Å². The zero-order chi connectivity index (χ0) is 23.5. The molecule has 5 rings (SSSR count). The van der Waals surface area contributed by atoms with Crippen molar-refractivity contribution in [2.45, 2.75) is 19.9 Å². The smallest absolute Gasteiger partial charge is 0.248 e. The molecule has 2 atom stereocenters. The highest BCUT2D eigenvalue weighted by Gasteiger charge is 2.40. The molecular weight excluding hydrogens is 426 g/mol. The van der Waals surface area contributed by atoms with Crippen LogP contribution in [0.3, 0.4) is 0 Å². The van der Waals surface area contributed by atoms with Crippen LogP contribution in [0, 0.1) is 5.92 Å². The second-order valence-corrected chi connectivity index (χ2v) is 8.05. The predicted molar refractivity (Wildman–Crippen MR) is 133 cm³/mol. The molecule has 1 aliphatic heterocycles. The van der Waals surface area contributed by atoms with E-state index in [-0.39, 0.29) is 5.91 Å². The Morgan fingerprint density at radius 3 is 2.38 bits per heavy atom. The molecule has 1 aliphatic rings. The molecule has 1 N–H and O–H groups in total. The number of rotatable bonds is 6. The summed E-state index contributed by atoms with van der Waals surface area (Å²) in [4.78, 5) is 23.0. The number of para-hydroxylation sites is 2. The van der Waals surface area contributed by atoms with E-state index in [0.29, 0.717) is 29.8 Å². The van der Waals surface area contributed by atoms with E-state index in [0.717, 1.165) is 16.8 Å². The number of ether oxygens (including phenoxy) is 1. The Bertz CT molecular complexity index is 1330. The number of carbonyl (C=O) groups is 1. The van der Waals surface area contributed by atoms with Crippen molar-refractivity contribution in [2.24, 2.45) is 10.9 Å². The first-order chi connectivity index (χ1) is 16.7. The summed E-state index contributed by atoms with van der Waals surface area (Å²) in [6.45, 7) is 4.32. The largest absolute Gasteiger partial charge is 0.494 e. The highest BCUT2D eigenvalue weighted by Crippen LogP contribution is 2.40. The van der Waals surface area contributed by atoms with Crippen LogP contribution in [0.5, 0.6) is 5.75 Å². The molecule has 34 heavy (non-hydrogen) atoms. The molecule has 0 fully saturated rings. The van der Waals surface area contributed by atoms with Crippen molar-refractivity contribution in [3.63, 3.8) is 0 Å². The summed E-state index contributed by atoms with van der Waals surface area (Å²) in [5.41, 5.74) is 3.15. The third kappa shape index (κ3) is 4.08. The maximum atomic E-state index is 13.6. The van der Waals surface area contributed by atoms with E-state index in [9.17, 15) is 4.79 Å². The van der Waals surface area contributed by atoms with E-state index in [1.54, 1.807) is 4.68 Å². The van der Waals surface area contributed by atoms with Gasteiger partial charge >= 0.3 is 0 Å². The van der Waals surface area contributed by atoms with Crippen LogP contribution in [0.4, 0.5) is 11.6 Å². The molecule has 0 radical (unpaired) electrons. The number of hydrogen-bond acceptors (Lipinski definition) is 5. The van der Waals surface area contributed by atoms with Crippen LogP contribution >= 0.6 is 0 Å². The van der Waals surface area contributed by atoms with Crippen molar-refractivity contribution in [1.29, 1.82) is 0 Å². The van der Waals surface area contributed by atoms with Gasteiger partial charge in [0.25, 0.3) is 0 Å². The Labute approximate surface area is 198 Å². The average molecular weight is 452 g/mol. The molecule has 7 heteroatoms. The van der Waals surface area contributed by atoms with Gasteiger partial charge in [0.2, 0.25) is 11.9 Å². The first-order valence-electron chi connectivity index (χ1n) is 11.3. The molecule has 0 bridgehead atoms. The minimum atomic E-state index is -0.598. The first-order valence-corrected chi connectivity index (χ1v) is 11.3. The molecule has 7 nitrogen and oxygen atoms in total. The molecule has 0 saturated carbocycles. The van der Waals surface area contributed by atoms with Crippen molar-refractivity contribution >= 4 is 23.3 Å². The van der Waals surface area contributed by atoms with Crippen LogP contribution in [0.15, 0.2) is 89.9 Å². The second kappa shape index (κ2) is 9.31. The number of aromatic nitrogens is 3. The van der Waals surface area contributed by atoms with E-state index < -0.39 is 12.0 Å². The van der Waals surface area contributed by atoms with E-state index in [4.69, 9.17) is 19.8 Å². The number of carbonyl (C=O) groups excluding carboxylic acids is 1. The summed E-state index contributed by atoms with van der Waals surface area (Å²) < 4.78 is 7.70. The van der Waals surface area contributed by atoms with E-state index in [1.165, 1.54) is 0 Å². The van der Waals surface area contributed by atoms with Gasteiger partial charge in [0.05, 0.1) is 6.61 Å². The van der Waals surface area contributed by atoms with Crippen LogP contribution in [0.1, 0.15) is 25.5 Å². The van der Waals surface area contributed by atoms with Crippen LogP contribution in [0.25, 0.3) is 11.4 Å². The van der Waals surface area contributed by atoms with E-state index in [2.05, 4.69) is 5.32 Å². The van der Waals surface area contributed by atoms with Crippen molar-refractivity contribution in [3.8, 4) is 17.1 Å². The fraction of sp³-hybridized carbons (Fsp3) is 0.185. The number of amides is 1. The molecular formula is C27H25N5O2. The molecule has 170 valence electrons. The molecule has 1 amide bonds. The van der Waals surface area contributed by atoms with Gasteiger partial charge in [-0.25, -0.2) is 9.67 Å². The summed E-state index contributed by atoms with van der Waals surface area (Å²) in [7, 11) is 0. The number of hydrogen-bond donors (Lipinski definition) is 1. The fourth-order valence-corrected chi connectivity index (χ4v) is 4.28. The van der Waals surface area contributed by atoms with Gasteiger partial charge in [0, 0.05) is 22.5 Å². The third-order valence-electron chi connectivity index (χ3n) is 5.81. The van der Waals surface area contributed by atoms with Gasteiger partial charge in [-0.2, -0.15) is 4.98 Å². The average Bonchev–Trinajstić information content (AvgIpc) is 3.28. The van der Waals surface area contributed by atoms with Gasteiger partial charge in [0.1, 0.15) is 17.7 Å². The second-order valence-electron chi connectivity index (χ2n) is 8.05. The minimum Gasteiger partial charge on any atom is -0.494 e. The lowest BCUT2D eigenvalue weighted by Crippen LogP contribution is -2.39. The number of benzene rings is 3. The van der Waals surface area contributed by atoms with Crippen molar-refractivity contribution < 1.29 is 9.53 Å². The molecule has 2 unspecified atom stereocenters. The maximum Gasteiger partial charge on any atom is 0.248 e. The minimum absolute atomic E-state index is 0.161. The van der Waals surface area contributed by atoms with E-state index in [1.807, 2.05) is 98.8 Å². The SMILES string of the molecule is CCOc1ccccc1C1C(C(=O)Nc2ccccc2)C(C)=Nc2nc(-c3ccccc3)nn21. The first kappa shape index (κ1) is 21.6. The van der Waals surface area contributed by atoms with Crippen LogP contribution in [0.2, 0.25) is 0 Å². The summed E-state index contributed by atoms with van der Waals surface area (Å²) in [6.07, 6.45) is 0. The Morgan fingerprint density at radius 2 is 1.65 bits per heavy atom. The van der Waals surface area contributed by atoms with E-state index >= 15 is 0 Å². The van der Waals surface area contributed by atoms with Crippen LogP contribution in [-0.4, -0.2) is 33.0 Å². The van der Waals surface area contributed by atoms with Gasteiger partial charge in [-0.05, 0) is 32.0 Å². The van der Waals surface area contributed by atoms with Gasteiger partial charge in [-0.15, -0.1) is 5.10 Å². The quantitative estimate of drug-likeness (QED) is 0.432. The maximum absolute atomic E-state index is 13.6. The topological polar surface area (TPSA) is 81.4 Å². The number of aliphatic imine (C=N–C) groups is 1. The van der Waals surface area contributed by atoms with Crippen LogP contribution in [-0.2, 0) is 4.79 Å². The van der Waals surface area contributed by atoms with Gasteiger partial charge in [0.15, 0.2) is 5.82 Å². The summed E-state index contributed by atoms with van der Waals surface area (Å²) >= 11 is 0. The lowest BCUT2D eigenvalue weighted by Gasteiger charge is -2.31. The lowest BCUT2D eigenvalue weighted by atomic mass is 9.87. The number of nitrogens with one attached hydrogen (secondary N) is 1. The highest BCUT2D eigenvalue weighted by atomic mass is 16.5. The molecule has 2 heterocycles. The molecule has 0 saturated heterocycles. The predicted octanol–water partition coefficient (Wildman–Crippen LogP) is 5.29. The van der Waals surface area contributed by atoms with Crippen molar-refractivity contribution in [1.82, 2.24) is 14.8 Å². The molecule has 1 aromatic heterocycles. The van der Waals surface area contributed by atoms with Gasteiger partial charge < -0.3 is 10.1 Å². The third-order valence-corrected chi connectivity index (χ3v) is 5.81. The van der Waals surface area contributed by atoms with Gasteiger partial charge in [-0.1, -0.05) is 66.7 Å². The Balaban J connectivity index is 1.63. The zero-order valence-corrected chi connectivity index (χ0v) is 19.1. The van der Waals surface area contributed by atoms with Crippen molar-refractivity contribution in [2.75, 3.05) is 11.9 Å². The summed E-state index contributed by atoms with van der Waals surface area (Å²) in [6, 6.07) is 26.5. The Kier molecular flexibility index (Phi) is 5.91. The molecule has 3 aromatic carbocycles. The monoisotopic (exact) mass is 451 g/mol. The standard InChI is InChI=1S/C27H25N5O2/c1-3-34-22-17-11-10-16-21(22)24-23(26(33)29-20-14-8-5-9-15-20)18(2)28-27-30-25(31-32(24)27)19-12-6-4-7-13-19/h4-17,23-24H,3H2,1-2H3,(H,29,33). The number of nitrogens with zero attached hydrogens (tertiary/aromatic N) is 4. The molecule has 0 aliphatic carbocycles. The van der Waals surface area contributed by atoms with Crippen molar-refractivity contribution in [3.05, 3.63) is 90.5 Å². The normalized spacial score (nSPS) is 16.9. The molecule has 4 aromatic rings. The Hall–Kier alpha value is -4.26. The fourth-order valence-electron chi connectivity index (χ4n) is 4.28. The Morgan fingerprint density at radius 1 is 0.971 bits per heavy atom. The summed E-state index contributed by atoms with van der Waals surface area (Å²) in [5, 5.41) is 7.86. The molecule has 0 spiro atoms. The lowest BCUT2D eigenvalue weighted by molar-refractivity contribution is -0.118. The summed E-state index contributed by atoms with van der Waals surface area (Å²) in [5.74, 6) is 0.988. The van der Waals surface area contributed by atoms with Crippen LogP contribution < -0.4 is 10.1 Å². The highest BCUT2D eigenvalue weighted by molar-refractivity contribution is 6.10.